The molecular formula is C33H34ClN5O3. The molecule has 1 aliphatic carbocycles. The Morgan fingerprint density at radius 2 is 1.60 bits per heavy atom. The summed E-state index contributed by atoms with van der Waals surface area (Å²) in [5.74, 6) is -0.667. The first-order valence-corrected chi connectivity index (χ1v) is 14.7. The molecule has 6 rings (SSSR count). The summed E-state index contributed by atoms with van der Waals surface area (Å²) in [5, 5.41) is 20.8. The van der Waals surface area contributed by atoms with Crippen molar-refractivity contribution in [2.75, 3.05) is 41.3 Å². The number of allylic oxidation sites excluding steroid dienone is 1. The number of nitrogens with zero attached hydrogens (tertiary/aromatic N) is 3. The van der Waals surface area contributed by atoms with Gasteiger partial charge < -0.3 is 25.6 Å². The summed E-state index contributed by atoms with van der Waals surface area (Å²) in [5.41, 5.74) is 5.31. The van der Waals surface area contributed by atoms with Gasteiger partial charge in [0.15, 0.2) is 0 Å². The molecule has 1 saturated heterocycles. The highest BCUT2D eigenvalue weighted by Crippen LogP contribution is 2.45. The van der Waals surface area contributed by atoms with E-state index in [-0.39, 0.29) is 35.0 Å². The molecule has 42 heavy (non-hydrogen) atoms. The highest BCUT2D eigenvalue weighted by atomic mass is 35.5. The van der Waals surface area contributed by atoms with E-state index in [0.29, 0.717) is 10.7 Å². The van der Waals surface area contributed by atoms with Crippen LogP contribution in [-0.2, 0) is 4.79 Å². The smallest absolute Gasteiger partial charge is 0.260 e. The van der Waals surface area contributed by atoms with Crippen molar-refractivity contribution in [2.24, 2.45) is 0 Å². The van der Waals surface area contributed by atoms with Gasteiger partial charge in [-0.1, -0.05) is 48.0 Å². The number of hydrogen-bond donors (Lipinski definition) is 3. The molecule has 9 heteroatoms. The largest absolute Gasteiger partial charge is 0.512 e. The van der Waals surface area contributed by atoms with Gasteiger partial charge in [0.25, 0.3) is 11.8 Å². The van der Waals surface area contributed by atoms with Crippen molar-refractivity contribution in [3.63, 3.8) is 0 Å². The van der Waals surface area contributed by atoms with Crippen LogP contribution in [0.25, 0.3) is 0 Å². The third kappa shape index (κ3) is 5.16. The van der Waals surface area contributed by atoms with E-state index < -0.39 is 5.91 Å². The molecule has 0 spiro atoms. The second-order valence-corrected chi connectivity index (χ2v) is 11.6. The van der Waals surface area contributed by atoms with Gasteiger partial charge in [0.2, 0.25) is 0 Å². The summed E-state index contributed by atoms with van der Waals surface area (Å²) in [7, 11) is 0. The molecule has 3 aliphatic rings. The fourth-order valence-corrected chi connectivity index (χ4v) is 6.53. The molecule has 2 fully saturated rings. The normalized spacial score (nSPS) is 19.4. The predicted octanol–water partition coefficient (Wildman–Crippen LogP) is 6.18. The number of carbonyl (C=O) groups is 2. The zero-order valence-corrected chi connectivity index (χ0v) is 24.5. The molecular weight excluding hydrogens is 550 g/mol. The standard InChI is InChI=1S/C33H34ClN5O3/c1-20(35)30(21(2)40)32(41)36-22-11-14-29(27(34)19-22)37-15-17-38(18-16-37)31-24-7-3-4-8-25(24)33(42)39(23-12-13-23)28-10-6-5-9-26(28)31/h3-11,14,19,23,31,35,40H,12-13,15-18H2,1-2H3,(H,36,41)/b30-21+,35-20?. The van der Waals surface area contributed by atoms with Crippen LogP contribution in [0.4, 0.5) is 17.1 Å². The molecule has 1 saturated carbocycles. The van der Waals surface area contributed by atoms with Crippen molar-refractivity contribution in [3.8, 4) is 0 Å². The molecule has 2 aliphatic heterocycles. The maximum absolute atomic E-state index is 13.8. The SMILES string of the molecule is CC(=N)/C(C(=O)Nc1ccc(N2CCN(C3c4ccccc4C(=O)N(C4CC4)c4ccccc43)CC2)c(Cl)c1)=C(/C)O. The molecule has 2 heterocycles. The van der Waals surface area contributed by atoms with Crippen molar-refractivity contribution in [1.29, 1.82) is 5.41 Å². The van der Waals surface area contributed by atoms with Gasteiger partial charge in [-0.3, -0.25) is 14.5 Å². The lowest BCUT2D eigenvalue weighted by Gasteiger charge is -2.41. The van der Waals surface area contributed by atoms with Gasteiger partial charge in [0, 0.05) is 54.9 Å². The zero-order valence-electron chi connectivity index (χ0n) is 23.7. The number of halogens is 1. The van der Waals surface area contributed by atoms with Crippen LogP contribution in [0.2, 0.25) is 5.02 Å². The van der Waals surface area contributed by atoms with Gasteiger partial charge in [-0.25, -0.2) is 0 Å². The van der Waals surface area contributed by atoms with Gasteiger partial charge >= 0.3 is 0 Å². The highest BCUT2D eigenvalue weighted by Gasteiger charge is 2.41. The van der Waals surface area contributed by atoms with Gasteiger partial charge in [0.1, 0.15) is 5.76 Å². The second-order valence-electron chi connectivity index (χ2n) is 11.2. The first-order chi connectivity index (χ1) is 20.2. The maximum atomic E-state index is 13.8. The van der Waals surface area contributed by atoms with E-state index in [1.807, 2.05) is 35.2 Å². The summed E-state index contributed by atoms with van der Waals surface area (Å²) in [6.45, 7) is 5.89. The first kappa shape index (κ1) is 28.0. The van der Waals surface area contributed by atoms with Crippen molar-refractivity contribution in [1.82, 2.24) is 4.90 Å². The van der Waals surface area contributed by atoms with E-state index in [9.17, 15) is 14.7 Å². The number of aliphatic hydroxyl groups excluding tert-OH is 1. The quantitative estimate of drug-likeness (QED) is 0.183. The summed E-state index contributed by atoms with van der Waals surface area (Å²) in [6, 6.07) is 22.0. The van der Waals surface area contributed by atoms with Crippen LogP contribution >= 0.6 is 11.6 Å². The van der Waals surface area contributed by atoms with Crippen LogP contribution in [0.15, 0.2) is 78.1 Å². The minimum atomic E-state index is -0.553. The number of amides is 2. The van der Waals surface area contributed by atoms with Gasteiger partial charge in [-0.2, -0.15) is 0 Å². The number of rotatable bonds is 6. The molecule has 0 aromatic heterocycles. The van der Waals surface area contributed by atoms with Gasteiger partial charge in [-0.15, -0.1) is 0 Å². The van der Waals surface area contributed by atoms with Crippen LogP contribution in [0.5, 0.6) is 0 Å². The average molecular weight is 584 g/mol. The number of aliphatic hydroxyl groups is 1. The van der Waals surface area contributed by atoms with E-state index in [1.165, 1.54) is 19.4 Å². The zero-order chi connectivity index (χ0) is 29.5. The van der Waals surface area contributed by atoms with Crippen LogP contribution in [0.1, 0.15) is 54.2 Å². The number of hydrogen-bond acceptors (Lipinski definition) is 6. The van der Waals surface area contributed by atoms with Crippen LogP contribution in [0.3, 0.4) is 0 Å². The first-order valence-electron chi connectivity index (χ1n) is 14.3. The Labute approximate surface area is 250 Å². The molecule has 3 N–H and O–H groups in total. The fraction of sp³-hybridized carbons (Fsp3) is 0.303. The monoisotopic (exact) mass is 583 g/mol. The fourth-order valence-electron chi connectivity index (χ4n) is 6.23. The number of para-hydroxylation sites is 1. The summed E-state index contributed by atoms with van der Waals surface area (Å²) >= 11 is 6.71. The van der Waals surface area contributed by atoms with Crippen molar-refractivity contribution in [2.45, 2.75) is 38.8 Å². The van der Waals surface area contributed by atoms with Crippen LogP contribution in [-0.4, -0.2) is 59.8 Å². The number of piperazine rings is 1. The lowest BCUT2D eigenvalue weighted by atomic mass is 9.93. The number of anilines is 3. The number of nitrogens with one attached hydrogen (secondary N) is 2. The topological polar surface area (TPSA) is 100.0 Å². The molecule has 216 valence electrons. The molecule has 0 radical (unpaired) electrons. The van der Waals surface area contributed by atoms with Gasteiger partial charge in [0.05, 0.1) is 22.3 Å². The summed E-state index contributed by atoms with van der Waals surface area (Å²) in [4.78, 5) is 33.2. The Kier molecular flexibility index (Phi) is 7.51. The Morgan fingerprint density at radius 1 is 0.929 bits per heavy atom. The van der Waals surface area contributed by atoms with E-state index in [1.54, 1.807) is 12.1 Å². The highest BCUT2D eigenvalue weighted by molar-refractivity contribution is 6.33. The van der Waals surface area contributed by atoms with E-state index in [2.05, 4.69) is 39.4 Å². The van der Waals surface area contributed by atoms with E-state index >= 15 is 0 Å². The maximum Gasteiger partial charge on any atom is 0.260 e. The van der Waals surface area contributed by atoms with E-state index in [4.69, 9.17) is 17.0 Å². The molecule has 8 nitrogen and oxygen atoms in total. The van der Waals surface area contributed by atoms with Crippen LogP contribution < -0.4 is 15.1 Å². The van der Waals surface area contributed by atoms with E-state index in [0.717, 1.165) is 61.5 Å². The average Bonchev–Trinajstić information content (AvgIpc) is 3.80. The number of fused-ring (bicyclic) bond motifs is 2. The van der Waals surface area contributed by atoms with Crippen molar-refractivity contribution >= 4 is 46.2 Å². The molecule has 0 bridgehead atoms. The number of benzene rings is 3. The second kappa shape index (κ2) is 11.3. The minimum Gasteiger partial charge on any atom is -0.512 e. The molecule has 2 amide bonds. The Hall–Kier alpha value is -4.14. The third-order valence-corrected chi connectivity index (χ3v) is 8.60. The lowest BCUT2D eigenvalue weighted by Crippen LogP contribution is -2.48. The van der Waals surface area contributed by atoms with Crippen molar-refractivity contribution in [3.05, 3.63) is 99.8 Å². The Balaban J connectivity index is 1.23. The molecule has 1 unspecified atom stereocenters. The predicted molar refractivity (Wildman–Crippen MR) is 167 cm³/mol. The molecule has 1 atom stereocenters. The third-order valence-electron chi connectivity index (χ3n) is 8.30. The summed E-state index contributed by atoms with van der Waals surface area (Å²) < 4.78 is 0. The Morgan fingerprint density at radius 3 is 2.24 bits per heavy atom. The lowest BCUT2D eigenvalue weighted by molar-refractivity contribution is -0.112. The molecule has 3 aromatic carbocycles. The van der Waals surface area contributed by atoms with Crippen molar-refractivity contribution < 1.29 is 14.7 Å². The molecule has 3 aromatic rings. The Bertz CT molecular complexity index is 1600. The minimum absolute atomic E-state index is 0.0170. The van der Waals surface area contributed by atoms with Crippen LogP contribution in [0, 0.1) is 5.41 Å². The van der Waals surface area contributed by atoms with Gasteiger partial charge in [-0.05, 0) is 68.1 Å². The summed E-state index contributed by atoms with van der Waals surface area (Å²) in [6.07, 6.45) is 2.08. The number of carbonyl (C=O) groups excluding carboxylic acids is 2.